The van der Waals surface area contributed by atoms with Gasteiger partial charge in [0, 0.05) is 6.61 Å². The Morgan fingerprint density at radius 1 is 0.690 bits per heavy atom. The van der Waals surface area contributed by atoms with Gasteiger partial charge in [0.2, 0.25) is 0 Å². The van der Waals surface area contributed by atoms with Crippen LogP contribution >= 0.6 is 0 Å². The molecule has 2 heterocycles. The third kappa shape index (κ3) is 6.03. The van der Waals surface area contributed by atoms with Gasteiger partial charge < -0.3 is 60.4 Å². The maximum Gasteiger partial charge on any atom is 0.187 e. The first-order valence-corrected chi connectivity index (χ1v) is 9.75. The first-order valence-electron chi connectivity index (χ1n) is 9.75. The van der Waals surface area contributed by atoms with E-state index in [1.165, 1.54) is 0 Å². The molecule has 0 radical (unpaired) electrons. The molecule has 0 spiro atoms. The molecule has 0 amide bonds. The Kier molecular flexibility index (Phi) is 10.1. The lowest BCUT2D eigenvalue weighted by Crippen LogP contribution is -2.64. The second-order valence-electron chi connectivity index (χ2n) is 7.22. The summed E-state index contributed by atoms with van der Waals surface area (Å²) in [7, 11) is 0. The standard InChI is InChI=1S/C17H33NO11/c18-4-2-1-3-5-26-17-15(13(24)11(22)9(7-20)28-17)29-16-14(25)12(23)10(21)8(6-19)27-16/h8-17,19-25H,1-7,18H2/t8-,9-,10-,11-,12+,13+,14-,15-,16?,17+/m1/s1. The van der Waals surface area contributed by atoms with E-state index in [1.54, 1.807) is 0 Å². The summed E-state index contributed by atoms with van der Waals surface area (Å²) in [4.78, 5) is 0. The topological polar surface area (TPSA) is 205 Å². The van der Waals surface area contributed by atoms with Crippen molar-refractivity contribution in [2.45, 2.75) is 80.7 Å². The molecule has 12 heteroatoms. The van der Waals surface area contributed by atoms with E-state index in [-0.39, 0.29) is 6.61 Å². The van der Waals surface area contributed by atoms with Gasteiger partial charge in [-0.2, -0.15) is 0 Å². The summed E-state index contributed by atoms with van der Waals surface area (Å²) in [5, 5.41) is 69.1. The average Bonchev–Trinajstić information content (AvgIpc) is 2.72. The Bertz CT molecular complexity index is 471. The number of aliphatic hydroxyl groups is 7. The predicted molar refractivity (Wildman–Crippen MR) is 95.3 cm³/mol. The summed E-state index contributed by atoms with van der Waals surface area (Å²) in [6, 6.07) is 0. The van der Waals surface area contributed by atoms with Gasteiger partial charge in [-0.15, -0.1) is 0 Å². The highest BCUT2D eigenvalue weighted by Crippen LogP contribution is 2.29. The SMILES string of the molecule is NCCCCCO[C@H]1O[C@H](CO)[C@@H](O)[C@H](O)[C@H]1OC1O[C@H](CO)[C@@H](O)[C@H](O)[C@H]1O. The zero-order valence-corrected chi connectivity index (χ0v) is 16.1. The molecule has 29 heavy (non-hydrogen) atoms. The maximum absolute atomic E-state index is 10.4. The largest absolute Gasteiger partial charge is 0.394 e. The van der Waals surface area contributed by atoms with Gasteiger partial charge >= 0.3 is 0 Å². The molecule has 9 N–H and O–H groups in total. The van der Waals surface area contributed by atoms with E-state index in [1.807, 2.05) is 0 Å². The number of rotatable bonds is 10. The lowest BCUT2D eigenvalue weighted by molar-refractivity contribution is -0.367. The minimum atomic E-state index is -1.70. The van der Waals surface area contributed by atoms with Crippen molar-refractivity contribution >= 4 is 0 Å². The van der Waals surface area contributed by atoms with Crippen molar-refractivity contribution in [1.82, 2.24) is 0 Å². The van der Waals surface area contributed by atoms with Crippen LogP contribution in [0.3, 0.4) is 0 Å². The fourth-order valence-corrected chi connectivity index (χ4v) is 3.29. The summed E-state index contributed by atoms with van der Waals surface area (Å²) in [5.74, 6) is 0. The monoisotopic (exact) mass is 427 g/mol. The van der Waals surface area contributed by atoms with Crippen molar-refractivity contribution in [2.75, 3.05) is 26.4 Å². The fourth-order valence-electron chi connectivity index (χ4n) is 3.29. The van der Waals surface area contributed by atoms with E-state index in [9.17, 15) is 35.7 Å². The van der Waals surface area contributed by atoms with Gasteiger partial charge in [0.1, 0.15) is 48.8 Å². The van der Waals surface area contributed by atoms with Crippen LogP contribution in [0, 0.1) is 0 Å². The summed E-state index contributed by atoms with van der Waals surface area (Å²) >= 11 is 0. The Morgan fingerprint density at radius 3 is 1.86 bits per heavy atom. The third-order valence-electron chi connectivity index (χ3n) is 5.09. The highest BCUT2D eigenvalue weighted by Gasteiger charge is 2.50. The molecule has 2 aliphatic rings. The predicted octanol–water partition coefficient (Wildman–Crippen LogP) is -4.24. The van der Waals surface area contributed by atoms with Gasteiger partial charge in [0.25, 0.3) is 0 Å². The molecule has 0 aliphatic carbocycles. The Labute approximate surface area is 168 Å². The smallest absolute Gasteiger partial charge is 0.187 e. The first kappa shape index (κ1) is 24.8. The van der Waals surface area contributed by atoms with Gasteiger partial charge in [-0.05, 0) is 25.8 Å². The van der Waals surface area contributed by atoms with E-state index < -0.39 is 74.6 Å². The van der Waals surface area contributed by atoms with Crippen molar-refractivity contribution in [1.29, 1.82) is 0 Å². The number of aliphatic hydroxyl groups excluding tert-OH is 7. The van der Waals surface area contributed by atoms with Gasteiger partial charge in [-0.25, -0.2) is 0 Å². The fraction of sp³-hybridized carbons (Fsp3) is 1.00. The van der Waals surface area contributed by atoms with E-state index in [0.29, 0.717) is 13.0 Å². The number of ether oxygens (including phenoxy) is 4. The van der Waals surface area contributed by atoms with Crippen LogP contribution in [-0.2, 0) is 18.9 Å². The van der Waals surface area contributed by atoms with Gasteiger partial charge in [-0.3, -0.25) is 0 Å². The summed E-state index contributed by atoms with van der Waals surface area (Å²) in [5.41, 5.74) is 5.44. The number of hydrogen-bond acceptors (Lipinski definition) is 12. The van der Waals surface area contributed by atoms with E-state index in [2.05, 4.69) is 0 Å². The van der Waals surface area contributed by atoms with Crippen LogP contribution in [0.1, 0.15) is 19.3 Å². The molecule has 2 aliphatic heterocycles. The molecular formula is C17H33NO11. The van der Waals surface area contributed by atoms with Crippen LogP contribution in [0.2, 0.25) is 0 Å². The average molecular weight is 427 g/mol. The van der Waals surface area contributed by atoms with Gasteiger partial charge in [0.05, 0.1) is 13.2 Å². The Balaban J connectivity index is 2.07. The summed E-state index contributed by atoms with van der Waals surface area (Å²) < 4.78 is 21.9. The number of hydrogen-bond donors (Lipinski definition) is 8. The Hall–Kier alpha value is -0.480. The van der Waals surface area contributed by atoms with Crippen molar-refractivity contribution in [2.24, 2.45) is 5.73 Å². The highest BCUT2D eigenvalue weighted by atomic mass is 16.8. The molecule has 2 saturated heterocycles. The van der Waals surface area contributed by atoms with Crippen LogP contribution in [0.4, 0.5) is 0 Å². The third-order valence-corrected chi connectivity index (χ3v) is 5.09. The van der Waals surface area contributed by atoms with E-state index in [4.69, 9.17) is 24.7 Å². The number of nitrogens with two attached hydrogens (primary N) is 1. The zero-order valence-electron chi connectivity index (χ0n) is 16.1. The first-order chi connectivity index (χ1) is 13.8. The van der Waals surface area contributed by atoms with Crippen LogP contribution in [0.5, 0.6) is 0 Å². The van der Waals surface area contributed by atoms with Crippen molar-refractivity contribution in [3.8, 4) is 0 Å². The van der Waals surface area contributed by atoms with Crippen molar-refractivity contribution in [3.05, 3.63) is 0 Å². The molecule has 172 valence electrons. The van der Waals surface area contributed by atoms with Crippen LogP contribution in [0.25, 0.3) is 0 Å². The van der Waals surface area contributed by atoms with Crippen molar-refractivity contribution < 1.29 is 54.7 Å². The summed E-state index contributed by atoms with van der Waals surface area (Å²) in [6.07, 6.45) is -12.2. The van der Waals surface area contributed by atoms with E-state index in [0.717, 1.165) is 12.8 Å². The molecule has 0 aromatic heterocycles. The summed E-state index contributed by atoms with van der Waals surface area (Å²) in [6.45, 7) is -0.455. The van der Waals surface area contributed by atoms with Crippen LogP contribution < -0.4 is 5.73 Å². The molecule has 0 saturated carbocycles. The second kappa shape index (κ2) is 11.8. The molecular weight excluding hydrogens is 394 g/mol. The van der Waals surface area contributed by atoms with Crippen molar-refractivity contribution in [3.63, 3.8) is 0 Å². The molecule has 1 unspecified atom stereocenters. The van der Waals surface area contributed by atoms with Crippen LogP contribution in [0.15, 0.2) is 0 Å². The minimum absolute atomic E-state index is 0.222. The Morgan fingerprint density at radius 2 is 1.28 bits per heavy atom. The van der Waals surface area contributed by atoms with Gasteiger partial charge in [0.15, 0.2) is 12.6 Å². The quantitative estimate of drug-likeness (QED) is 0.156. The highest BCUT2D eigenvalue weighted by molar-refractivity contribution is 4.93. The second-order valence-corrected chi connectivity index (χ2v) is 7.22. The zero-order chi connectivity index (χ0) is 21.6. The minimum Gasteiger partial charge on any atom is -0.394 e. The molecule has 12 nitrogen and oxygen atoms in total. The number of unbranched alkanes of at least 4 members (excludes halogenated alkanes) is 2. The van der Waals surface area contributed by atoms with Crippen LogP contribution in [-0.4, -0.2) is 124 Å². The van der Waals surface area contributed by atoms with E-state index >= 15 is 0 Å². The lowest BCUT2D eigenvalue weighted by atomic mass is 9.97. The molecule has 0 bridgehead atoms. The molecule has 10 atom stereocenters. The molecule has 2 fully saturated rings. The lowest BCUT2D eigenvalue weighted by Gasteiger charge is -2.45. The molecule has 2 rings (SSSR count). The normalized spacial score (nSPS) is 43.4. The molecule has 0 aromatic carbocycles. The van der Waals surface area contributed by atoms with Gasteiger partial charge in [-0.1, -0.05) is 0 Å². The maximum atomic E-state index is 10.4. The molecule has 0 aromatic rings.